The predicted molar refractivity (Wildman–Crippen MR) is 113 cm³/mol. The zero-order chi connectivity index (χ0) is 18.7. The fourth-order valence-corrected chi connectivity index (χ4v) is 6.01. The maximum atomic E-state index is 11.7. The molecule has 0 atom stereocenters. The van der Waals surface area contributed by atoms with Crippen LogP contribution in [0.15, 0.2) is 44.4 Å². The molecule has 26 heavy (non-hydrogen) atoms. The summed E-state index contributed by atoms with van der Waals surface area (Å²) in [5.74, 6) is 1.71. The van der Waals surface area contributed by atoms with Crippen molar-refractivity contribution in [3.63, 3.8) is 0 Å². The van der Waals surface area contributed by atoms with Gasteiger partial charge in [0.05, 0.1) is 4.92 Å². The van der Waals surface area contributed by atoms with Gasteiger partial charge in [-0.3, -0.25) is 10.1 Å². The molecular formula is C16H16Cl3N3O2S2. The average molecular weight is 453 g/mol. The van der Waals surface area contributed by atoms with Crippen molar-refractivity contribution in [1.82, 2.24) is 4.90 Å². The number of hydrogen-bond donors (Lipinski definition) is 0. The quantitative estimate of drug-likeness (QED) is 0.471. The molecule has 5 nitrogen and oxygen atoms in total. The smallest absolute Gasteiger partial charge is 0.314 e. The fourth-order valence-electron chi connectivity index (χ4n) is 2.92. The van der Waals surface area contributed by atoms with E-state index < -0.39 is 0 Å². The Morgan fingerprint density at radius 1 is 1.12 bits per heavy atom. The lowest BCUT2D eigenvalue weighted by molar-refractivity contribution is -0.422. The van der Waals surface area contributed by atoms with Crippen LogP contribution < -0.4 is 4.90 Å². The molecule has 0 N–H and O–H groups in total. The van der Waals surface area contributed by atoms with E-state index in [-0.39, 0.29) is 15.1 Å². The summed E-state index contributed by atoms with van der Waals surface area (Å²) in [6, 6.07) is 7.67. The third kappa shape index (κ3) is 4.57. The molecule has 0 spiro atoms. The number of benzene rings is 1. The van der Waals surface area contributed by atoms with Crippen molar-refractivity contribution in [1.29, 1.82) is 0 Å². The van der Waals surface area contributed by atoms with E-state index in [9.17, 15) is 10.1 Å². The van der Waals surface area contributed by atoms with Gasteiger partial charge in [0.1, 0.15) is 14.4 Å². The summed E-state index contributed by atoms with van der Waals surface area (Å²) in [5.41, 5.74) is 1.38. The number of thioether (sulfide) groups is 2. The molecule has 2 aliphatic rings. The second-order valence-corrected chi connectivity index (χ2v) is 9.51. The van der Waals surface area contributed by atoms with Crippen molar-refractivity contribution in [2.24, 2.45) is 0 Å². The minimum Gasteiger partial charge on any atom is -0.368 e. The first-order chi connectivity index (χ1) is 12.5. The van der Waals surface area contributed by atoms with Gasteiger partial charge in [0.15, 0.2) is 0 Å². The van der Waals surface area contributed by atoms with Crippen LogP contribution in [0.25, 0.3) is 0 Å². The summed E-state index contributed by atoms with van der Waals surface area (Å²) in [4.78, 5) is 15.4. The zero-order valence-corrected chi connectivity index (χ0v) is 17.6. The monoisotopic (exact) mass is 451 g/mol. The molecule has 0 unspecified atom stereocenters. The van der Waals surface area contributed by atoms with Gasteiger partial charge in [-0.05, 0) is 18.2 Å². The summed E-state index contributed by atoms with van der Waals surface area (Å²) >= 11 is 21.2. The summed E-state index contributed by atoms with van der Waals surface area (Å²) in [6.07, 6.45) is 0. The van der Waals surface area contributed by atoms with Gasteiger partial charge in [-0.2, -0.15) is 0 Å². The third-order valence-corrected chi connectivity index (χ3v) is 7.38. The molecule has 1 aromatic rings. The number of anilines is 1. The highest BCUT2D eigenvalue weighted by Crippen LogP contribution is 2.42. The van der Waals surface area contributed by atoms with Crippen LogP contribution in [0.5, 0.6) is 0 Å². The normalized spacial score (nSPS) is 17.4. The Balaban J connectivity index is 1.80. The van der Waals surface area contributed by atoms with E-state index in [1.165, 1.54) is 23.5 Å². The molecule has 0 radical (unpaired) electrons. The topological polar surface area (TPSA) is 49.6 Å². The average Bonchev–Trinajstić information content (AvgIpc) is 3.13. The summed E-state index contributed by atoms with van der Waals surface area (Å²) in [5, 5.41) is 12.4. The summed E-state index contributed by atoms with van der Waals surface area (Å²) < 4.78 is 0.620. The Morgan fingerprint density at radius 2 is 1.77 bits per heavy atom. The number of rotatable bonds is 4. The van der Waals surface area contributed by atoms with Gasteiger partial charge in [-0.15, -0.1) is 23.5 Å². The Hall–Kier alpha value is -0.730. The van der Waals surface area contributed by atoms with Crippen LogP contribution in [0.4, 0.5) is 5.69 Å². The van der Waals surface area contributed by atoms with Crippen LogP contribution in [0.3, 0.4) is 0 Å². The van der Waals surface area contributed by atoms with E-state index >= 15 is 0 Å². The highest BCUT2D eigenvalue weighted by atomic mass is 35.5. The first-order valence-corrected chi connectivity index (χ1v) is 11.0. The predicted octanol–water partition coefficient (Wildman–Crippen LogP) is 5.03. The number of hydrogen-bond acceptors (Lipinski definition) is 6. The van der Waals surface area contributed by atoms with Crippen LogP contribution in [0, 0.1) is 10.1 Å². The molecule has 0 bridgehead atoms. The maximum Gasteiger partial charge on any atom is 0.314 e. The highest BCUT2D eigenvalue weighted by molar-refractivity contribution is 8.25. The second-order valence-electron chi connectivity index (χ2n) is 5.65. The van der Waals surface area contributed by atoms with Crippen LogP contribution in [-0.4, -0.2) is 47.5 Å². The van der Waals surface area contributed by atoms with E-state index in [1.54, 1.807) is 0 Å². The SMILES string of the molecule is O=[N+]([O-])C(=C1SCCS1)C(=C(Cl)Cl)N1CCN(c2cccc(Cl)c2)CC1. The molecule has 2 saturated heterocycles. The molecule has 0 saturated carbocycles. The number of piperazine rings is 1. The number of nitro groups is 1. The zero-order valence-electron chi connectivity index (χ0n) is 13.7. The Bertz CT molecular complexity index is 753. The van der Waals surface area contributed by atoms with Gasteiger partial charge in [0.2, 0.25) is 0 Å². The first-order valence-electron chi connectivity index (χ1n) is 7.92. The second kappa shape index (κ2) is 8.97. The van der Waals surface area contributed by atoms with Crippen molar-refractivity contribution in [2.45, 2.75) is 0 Å². The van der Waals surface area contributed by atoms with Crippen LogP contribution in [0.1, 0.15) is 0 Å². The lowest BCUT2D eigenvalue weighted by Crippen LogP contribution is -2.46. The highest BCUT2D eigenvalue weighted by Gasteiger charge is 2.34. The number of nitrogens with zero attached hydrogens (tertiary/aromatic N) is 3. The molecule has 2 fully saturated rings. The molecule has 2 aliphatic heterocycles. The summed E-state index contributed by atoms with van der Waals surface area (Å²) in [7, 11) is 0. The lowest BCUT2D eigenvalue weighted by Gasteiger charge is -2.37. The van der Waals surface area contributed by atoms with Crippen LogP contribution >= 0.6 is 58.3 Å². The molecule has 10 heteroatoms. The van der Waals surface area contributed by atoms with Crippen molar-refractivity contribution >= 4 is 64.0 Å². The van der Waals surface area contributed by atoms with Crippen molar-refractivity contribution < 1.29 is 4.92 Å². The van der Waals surface area contributed by atoms with E-state index in [0.29, 0.717) is 41.1 Å². The van der Waals surface area contributed by atoms with Crippen molar-refractivity contribution in [3.8, 4) is 0 Å². The van der Waals surface area contributed by atoms with E-state index in [0.717, 1.165) is 17.2 Å². The minimum atomic E-state index is -0.371. The van der Waals surface area contributed by atoms with E-state index in [2.05, 4.69) is 4.90 Å². The third-order valence-electron chi connectivity index (χ3n) is 4.10. The van der Waals surface area contributed by atoms with Crippen molar-refractivity contribution in [2.75, 3.05) is 42.6 Å². The van der Waals surface area contributed by atoms with Crippen LogP contribution in [0.2, 0.25) is 5.02 Å². The molecule has 0 aliphatic carbocycles. The maximum absolute atomic E-state index is 11.7. The fraction of sp³-hybridized carbons (Fsp3) is 0.375. The van der Waals surface area contributed by atoms with E-state index in [4.69, 9.17) is 34.8 Å². The Morgan fingerprint density at radius 3 is 2.31 bits per heavy atom. The van der Waals surface area contributed by atoms with Gasteiger partial charge in [-0.25, -0.2) is 0 Å². The Labute approximate surface area is 175 Å². The molecule has 2 heterocycles. The molecule has 0 amide bonds. The Kier molecular flexibility index (Phi) is 6.91. The summed E-state index contributed by atoms with van der Waals surface area (Å²) in [6.45, 7) is 2.58. The minimum absolute atomic E-state index is 0.0219. The molecule has 0 aromatic heterocycles. The number of halogens is 3. The lowest BCUT2D eigenvalue weighted by atomic mass is 10.2. The van der Waals surface area contributed by atoms with Gasteiger partial charge in [0, 0.05) is 48.4 Å². The van der Waals surface area contributed by atoms with Gasteiger partial charge < -0.3 is 9.80 Å². The largest absolute Gasteiger partial charge is 0.368 e. The standard InChI is InChI=1S/C16H16Cl3N3O2S2/c17-11-2-1-3-12(10-11)20-4-6-21(7-5-20)13(15(18)19)14(22(23)24)16-25-8-9-26-16/h1-3,10H,4-9H2. The molecular weight excluding hydrogens is 437 g/mol. The molecule has 1 aromatic carbocycles. The van der Waals surface area contributed by atoms with Gasteiger partial charge >= 0.3 is 5.70 Å². The van der Waals surface area contributed by atoms with Gasteiger partial charge in [-0.1, -0.05) is 40.9 Å². The van der Waals surface area contributed by atoms with Gasteiger partial charge in [0.25, 0.3) is 0 Å². The first kappa shape index (κ1) is 20.0. The molecule has 140 valence electrons. The molecule has 3 rings (SSSR count). The van der Waals surface area contributed by atoms with E-state index in [1.807, 2.05) is 29.2 Å². The van der Waals surface area contributed by atoms with Crippen molar-refractivity contribution in [3.05, 3.63) is 59.5 Å². The van der Waals surface area contributed by atoms with Crippen LogP contribution in [-0.2, 0) is 0 Å².